The molecule has 0 aromatic carbocycles. The van der Waals surface area contributed by atoms with Crippen LogP contribution in [0.1, 0.15) is 65.2 Å². The van der Waals surface area contributed by atoms with Crippen LogP contribution in [0.5, 0.6) is 0 Å². The highest BCUT2D eigenvalue weighted by atomic mass is 16.1. The van der Waals surface area contributed by atoms with Gasteiger partial charge < -0.3 is 0 Å². The Morgan fingerprint density at radius 1 is 1.10 bits per heavy atom. The van der Waals surface area contributed by atoms with Gasteiger partial charge in [-0.1, -0.05) is 32.8 Å². The second-order valence-electron chi connectivity index (χ2n) is 8.62. The summed E-state index contributed by atoms with van der Waals surface area (Å²) in [7, 11) is 0. The van der Waals surface area contributed by atoms with Crippen LogP contribution in [0.4, 0.5) is 0 Å². The van der Waals surface area contributed by atoms with Gasteiger partial charge in [0.1, 0.15) is 0 Å². The molecule has 0 aromatic heterocycles. The van der Waals surface area contributed by atoms with Gasteiger partial charge in [0.05, 0.1) is 0 Å². The second-order valence-corrected chi connectivity index (χ2v) is 8.62. The number of hydrogen-bond donors (Lipinski definition) is 0. The maximum atomic E-state index is 12.3. The minimum Gasteiger partial charge on any atom is -0.294 e. The molecule has 0 heterocycles. The van der Waals surface area contributed by atoms with E-state index in [1.807, 2.05) is 6.08 Å². The number of carbonyl (C=O) groups is 1. The predicted octanol–water partition coefficient (Wildman–Crippen LogP) is 5.01. The van der Waals surface area contributed by atoms with E-state index in [0.717, 1.165) is 36.0 Å². The predicted molar refractivity (Wildman–Crippen MR) is 85.8 cm³/mol. The van der Waals surface area contributed by atoms with Crippen molar-refractivity contribution >= 4 is 5.78 Å². The van der Waals surface area contributed by atoms with E-state index >= 15 is 0 Å². The first-order chi connectivity index (χ1) is 10.1. The van der Waals surface area contributed by atoms with Gasteiger partial charge in [-0.25, -0.2) is 0 Å². The molecule has 7 atom stereocenters. The smallest absolute Gasteiger partial charge is 0.161 e. The third-order valence-electron chi connectivity index (χ3n) is 7.91. The Morgan fingerprint density at radius 2 is 1.90 bits per heavy atom. The van der Waals surface area contributed by atoms with Crippen molar-refractivity contribution in [2.45, 2.75) is 65.2 Å². The molecule has 2 unspecified atom stereocenters. The van der Waals surface area contributed by atoms with Crippen LogP contribution in [0.2, 0.25) is 0 Å². The van der Waals surface area contributed by atoms with E-state index in [2.05, 4.69) is 19.9 Å². The van der Waals surface area contributed by atoms with Crippen LogP contribution < -0.4 is 0 Å². The quantitative estimate of drug-likeness (QED) is 0.662. The zero-order chi connectivity index (χ0) is 14.6. The Morgan fingerprint density at radius 3 is 2.71 bits per heavy atom. The maximum Gasteiger partial charge on any atom is 0.161 e. The van der Waals surface area contributed by atoms with Gasteiger partial charge in [-0.2, -0.15) is 0 Å². The molecule has 3 fully saturated rings. The van der Waals surface area contributed by atoms with Gasteiger partial charge in [-0.15, -0.1) is 0 Å². The molecule has 4 aliphatic rings. The van der Waals surface area contributed by atoms with Gasteiger partial charge in [0.2, 0.25) is 0 Å². The SMILES string of the molecule is CC[C@H]1CC[C@@H]2C3CC[C@]4(C)C(=O)C=CC4[C@@H]3CC[C@@H]2C1. The molecule has 0 aliphatic heterocycles. The largest absolute Gasteiger partial charge is 0.294 e. The van der Waals surface area contributed by atoms with E-state index in [4.69, 9.17) is 0 Å². The van der Waals surface area contributed by atoms with Gasteiger partial charge >= 0.3 is 0 Å². The second kappa shape index (κ2) is 4.96. The Bertz CT molecular complexity index is 464. The molecule has 0 saturated heterocycles. The highest BCUT2D eigenvalue weighted by Crippen LogP contribution is 2.60. The fraction of sp³-hybridized carbons (Fsp3) is 0.850. The normalized spacial score (nSPS) is 52.2. The number of fused-ring (bicyclic) bond motifs is 5. The molecule has 4 aliphatic carbocycles. The Balaban J connectivity index is 1.56. The molecule has 4 rings (SSSR count). The van der Waals surface area contributed by atoms with E-state index in [0.29, 0.717) is 11.7 Å². The first-order valence-electron chi connectivity index (χ1n) is 9.36. The molecule has 116 valence electrons. The van der Waals surface area contributed by atoms with E-state index < -0.39 is 0 Å². The first kappa shape index (κ1) is 14.0. The van der Waals surface area contributed by atoms with E-state index in [-0.39, 0.29) is 5.41 Å². The van der Waals surface area contributed by atoms with Crippen molar-refractivity contribution < 1.29 is 4.79 Å². The lowest BCUT2D eigenvalue weighted by molar-refractivity contribution is -0.130. The fourth-order valence-corrected chi connectivity index (χ4v) is 6.59. The molecule has 1 nitrogen and oxygen atoms in total. The van der Waals surface area contributed by atoms with E-state index in [1.54, 1.807) is 0 Å². The summed E-state index contributed by atoms with van der Waals surface area (Å²) >= 11 is 0. The molecule has 0 aromatic rings. The summed E-state index contributed by atoms with van der Waals surface area (Å²) in [5.74, 6) is 5.72. The van der Waals surface area contributed by atoms with Crippen molar-refractivity contribution in [1.29, 1.82) is 0 Å². The van der Waals surface area contributed by atoms with Crippen molar-refractivity contribution in [3.63, 3.8) is 0 Å². The molecule has 3 saturated carbocycles. The van der Waals surface area contributed by atoms with Crippen molar-refractivity contribution in [3.8, 4) is 0 Å². The van der Waals surface area contributed by atoms with Crippen molar-refractivity contribution in [2.24, 2.45) is 40.9 Å². The third kappa shape index (κ3) is 1.99. The molecule has 21 heavy (non-hydrogen) atoms. The van der Waals surface area contributed by atoms with Gasteiger partial charge in [0.25, 0.3) is 0 Å². The van der Waals surface area contributed by atoms with Gasteiger partial charge in [-0.3, -0.25) is 4.79 Å². The number of hydrogen-bond acceptors (Lipinski definition) is 1. The summed E-state index contributed by atoms with van der Waals surface area (Å²) < 4.78 is 0. The monoisotopic (exact) mass is 286 g/mol. The van der Waals surface area contributed by atoms with Gasteiger partial charge in [0.15, 0.2) is 5.78 Å². The van der Waals surface area contributed by atoms with Gasteiger partial charge in [0, 0.05) is 5.41 Å². The van der Waals surface area contributed by atoms with Crippen LogP contribution in [0.15, 0.2) is 12.2 Å². The number of rotatable bonds is 1. The zero-order valence-electron chi connectivity index (χ0n) is 13.7. The molecular formula is C20H30O. The van der Waals surface area contributed by atoms with Gasteiger partial charge in [-0.05, 0) is 80.1 Å². The number of allylic oxidation sites excluding steroid dienone is 2. The summed E-state index contributed by atoms with van der Waals surface area (Å²) in [6.45, 7) is 4.62. The number of carbonyl (C=O) groups excluding carboxylic acids is 1. The summed E-state index contributed by atoms with van der Waals surface area (Å²) in [5, 5.41) is 0. The highest BCUT2D eigenvalue weighted by Gasteiger charge is 2.55. The van der Waals surface area contributed by atoms with Crippen molar-refractivity contribution in [2.75, 3.05) is 0 Å². The van der Waals surface area contributed by atoms with Crippen LogP contribution >= 0.6 is 0 Å². The Hall–Kier alpha value is -0.590. The molecule has 0 radical (unpaired) electrons. The molecule has 0 amide bonds. The lowest BCUT2D eigenvalue weighted by atomic mass is 9.50. The summed E-state index contributed by atoms with van der Waals surface area (Å²) in [6, 6.07) is 0. The average Bonchev–Trinajstić information content (AvgIpc) is 2.82. The average molecular weight is 286 g/mol. The topological polar surface area (TPSA) is 17.1 Å². The summed E-state index contributed by atoms with van der Waals surface area (Å²) in [4.78, 5) is 12.3. The van der Waals surface area contributed by atoms with Crippen LogP contribution in [-0.2, 0) is 4.79 Å². The lowest BCUT2D eigenvalue weighted by Crippen LogP contribution is -2.48. The van der Waals surface area contributed by atoms with Crippen molar-refractivity contribution in [1.82, 2.24) is 0 Å². The summed E-state index contributed by atoms with van der Waals surface area (Å²) in [6.07, 6.45) is 15.3. The standard InChI is InChI=1S/C20H30O/c1-3-13-4-6-15-14(12-13)5-7-17-16(15)10-11-20(2)18(17)8-9-19(20)21/h8-9,13-18H,3-7,10-12H2,1-2H3/t13-,14+,15-,16?,17+,18?,20-/m0/s1. The van der Waals surface area contributed by atoms with Crippen LogP contribution in [0.25, 0.3) is 0 Å². The fourth-order valence-electron chi connectivity index (χ4n) is 6.59. The molecular weight excluding hydrogens is 256 g/mol. The Labute approximate surface area is 129 Å². The minimum absolute atomic E-state index is 0.0331. The molecule has 0 spiro atoms. The molecule has 0 N–H and O–H groups in total. The number of ketones is 1. The van der Waals surface area contributed by atoms with Crippen LogP contribution in [0, 0.1) is 40.9 Å². The third-order valence-corrected chi connectivity index (χ3v) is 7.91. The zero-order valence-corrected chi connectivity index (χ0v) is 13.7. The molecule has 0 bridgehead atoms. The van der Waals surface area contributed by atoms with Crippen LogP contribution in [-0.4, -0.2) is 5.78 Å². The first-order valence-corrected chi connectivity index (χ1v) is 9.36. The Kier molecular flexibility index (Phi) is 3.32. The van der Waals surface area contributed by atoms with Crippen LogP contribution in [0.3, 0.4) is 0 Å². The highest BCUT2D eigenvalue weighted by molar-refractivity contribution is 5.97. The summed E-state index contributed by atoms with van der Waals surface area (Å²) in [5.41, 5.74) is -0.0331. The van der Waals surface area contributed by atoms with Crippen molar-refractivity contribution in [3.05, 3.63) is 12.2 Å². The lowest BCUT2D eigenvalue weighted by Gasteiger charge is -2.54. The minimum atomic E-state index is -0.0331. The molecule has 1 heteroatoms. The van der Waals surface area contributed by atoms with E-state index in [1.165, 1.54) is 44.9 Å². The maximum absolute atomic E-state index is 12.3. The van der Waals surface area contributed by atoms with E-state index in [9.17, 15) is 4.79 Å².